The molecule has 116 valence electrons. The van der Waals surface area contributed by atoms with Crippen molar-refractivity contribution in [1.29, 1.82) is 0 Å². The number of nitrogens with zero attached hydrogens (tertiary/aromatic N) is 2. The SMILES string of the molecule is CCN(CC)C(=O)CCNC(=O)n1cc(F)c(=O)[nH]c1=O. The fraction of sp³-hybridized carbons (Fsp3) is 0.500. The van der Waals surface area contributed by atoms with Crippen molar-refractivity contribution in [3.05, 3.63) is 32.9 Å². The van der Waals surface area contributed by atoms with Crippen LogP contribution < -0.4 is 16.6 Å². The van der Waals surface area contributed by atoms with Gasteiger partial charge in [-0.05, 0) is 13.8 Å². The third-order valence-electron chi connectivity index (χ3n) is 2.85. The Morgan fingerprint density at radius 3 is 2.52 bits per heavy atom. The standard InChI is InChI=1S/C12H17FN4O4/c1-3-16(4-2)9(18)5-6-14-11(20)17-7-8(13)10(19)15-12(17)21/h7H,3-6H2,1-2H3,(H,14,20)(H,15,19,21). The molecule has 8 nitrogen and oxygen atoms in total. The molecule has 0 bridgehead atoms. The lowest BCUT2D eigenvalue weighted by Gasteiger charge is -2.18. The van der Waals surface area contributed by atoms with Gasteiger partial charge in [0, 0.05) is 26.1 Å². The first kappa shape index (κ1) is 16.6. The Balaban J connectivity index is 2.63. The van der Waals surface area contributed by atoms with Crippen molar-refractivity contribution in [2.24, 2.45) is 0 Å². The number of nitrogens with one attached hydrogen (secondary N) is 2. The van der Waals surface area contributed by atoms with Crippen molar-refractivity contribution in [2.75, 3.05) is 19.6 Å². The number of hydrogen-bond donors (Lipinski definition) is 2. The van der Waals surface area contributed by atoms with Crippen molar-refractivity contribution in [1.82, 2.24) is 19.8 Å². The van der Waals surface area contributed by atoms with Gasteiger partial charge in [-0.3, -0.25) is 14.6 Å². The van der Waals surface area contributed by atoms with E-state index in [9.17, 15) is 23.6 Å². The Hall–Kier alpha value is -2.45. The van der Waals surface area contributed by atoms with Crippen LogP contribution in [-0.4, -0.2) is 46.0 Å². The van der Waals surface area contributed by atoms with E-state index in [4.69, 9.17) is 0 Å². The van der Waals surface area contributed by atoms with Crippen molar-refractivity contribution in [3.8, 4) is 0 Å². The number of aromatic amines is 1. The molecule has 0 aliphatic heterocycles. The molecule has 1 aromatic heterocycles. The number of amides is 2. The second kappa shape index (κ2) is 7.36. The van der Waals surface area contributed by atoms with Crippen LogP contribution in [0, 0.1) is 5.82 Å². The van der Waals surface area contributed by atoms with Crippen LogP contribution in [0.4, 0.5) is 9.18 Å². The van der Waals surface area contributed by atoms with Gasteiger partial charge in [0.15, 0.2) is 0 Å². The van der Waals surface area contributed by atoms with Gasteiger partial charge in [0.05, 0.1) is 6.20 Å². The molecule has 1 heterocycles. The summed E-state index contributed by atoms with van der Waals surface area (Å²) in [5.74, 6) is -1.38. The van der Waals surface area contributed by atoms with Crippen LogP contribution in [0.3, 0.4) is 0 Å². The van der Waals surface area contributed by atoms with E-state index in [0.29, 0.717) is 23.9 Å². The zero-order chi connectivity index (χ0) is 16.0. The monoisotopic (exact) mass is 300 g/mol. The summed E-state index contributed by atoms with van der Waals surface area (Å²) in [7, 11) is 0. The minimum atomic E-state index is -1.25. The molecule has 0 saturated carbocycles. The van der Waals surface area contributed by atoms with Crippen LogP contribution in [0.5, 0.6) is 0 Å². The molecule has 0 radical (unpaired) electrons. The van der Waals surface area contributed by atoms with Crippen molar-refractivity contribution in [3.63, 3.8) is 0 Å². The molecule has 0 aliphatic rings. The van der Waals surface area contributed by atoms with E-state index in [0.717, 1.165) is 0 Å². The Morgan fingerprint density at radius 1 is 1.33 bits per heavy atom. The zero-order valence-corrected chi connectivity index (χ0v) is 11.8. The summed E-state index contributed by atoms with van der Waals surface area (Å²) < 4.78 is 13.4. The van der Waals surface area contributed by atoms with E-state index in [2.05, 4.69) is 5.32 Å². The Morgan fingerprint density at radius 2 is 1.95 bits per heavy atom. The Labute approximate surface area is 119 Å². The number of halogens is 1. The summed E-state index contributed by atoms with van der Waals surface area (Å²) >= 11 is 0. The molecule has 2 N–H and O–H groups in total. The number of aromatic nitrogens is 2. The summed E-state index contributed by atoms with van der Waals surface area (Å²) in [4.78, 5) is 48.8. The summed E-state index contributed by atoms with van der Waals surface area (Å²) in [6.45, 7) is 4.80. The first-order valence-electron chi connectivity index (χ1n) is 6.48. The quantitative estimate of drug-likeness (QED) is 0.764. The maximum Gasteiger partial charge on any atom is 0.336 e. The molecule has 0 aliphatic carbocycles. The average Bonchev–Trinajstić information content (AvgIpc) is 2.44. The van der Waals surface area contributed by atoms with Gasteiger partial charge in [0.25, 0.3) is 5.56 Å². The molecular formula is C12H17FN4O4. The van der Waals surface area contributed by atoms with Gasteiger partial charge >= 0.3 is 11.7 Å². The van der Waals surface area contributed by atoms with E-state index in [-0.39, 0.29) is 18.9 Å². The van der Waals surface area contributed by atoms with Gasteiger partial charge in [0.1, 0.15) is 0 Å². The van der Waals surface area contributed by atoms with Crippen LogP contribution in [0.1, 0.15) is 20.3 Å². The highest BCUT2D eigenvalue weighted by atomic mass is 19.1. The highest BCUT2D eigenvalue weighted by molar-refractivity contribution is 5.79. The van der Waals surface area contributed by atoms with Crippen LogP contribution in [-0.2, 0) is 4.79 Å². The fourth-order valence-corrected chi connectivity index (χ4v) is 1.69. The van der Waals surface area contributed by atoms with E-state index in [1.807, 2.05) is 13.8 Å². The van der Waals surface area contributed by atoms with Gasteiger partial charge in [-0.1, -0.05) is 0 Å². The molecule has 0 spiro atoms. The van der Waals surface area contributed by atoms with Gasteiger partial charge in [-0.25, -0.2) is 14.2 Å². The van der Waals surface area contributed by atoms with E-state index >= 15 is 0 Å². The zero-order valence-electron chi connectivity index (χ0n) is 11.8. The van der Waals surface area contributed by atoms with Crippen LogP contribution in [0.2, 0.25) is 0 Å². The summed E-state index contributed by atoms with van der Waals surface area (Å²) in [6.07, 6.45) is 0.566. The Bertz CT molecular complexity index is 633. The van der Waals surface area contributed by atoms with Gasteiger partial charge in [0.2, 0.25) is 11.7 Å². The highest BCUT2D eigenvalue weighted by Gasteiger charge is 2.12. The molecule has 21 heavy (non-hydrogen) atoms. The minimum Gasteiger partial charge on any atom is -0.343 e. The fourth-order valence-electron chi connectivity index (χ4n) is 1.69. The summed E-state index contributed by atoms with van der Waals surface area (Å²) in [5.41, 5.74) is -2.24. The first-order valence-corrected chi connectivity index (χ1v) is 6.48. The first-order chi connectivity index (χ1) is 9.90. The van der Waals surface area contributed by atoms with E-state index in [1.165, 1.54) is 0 Å². The number of H-pyrrole nitrogens is 1. The third kappa shape index (κ3) is 4.26. The molecule has 0 atom stereocenters. The molecule has 1 rings (SSSR count). The summed E-state index contributed by atoms with van der Waals surface area (Å²) in [5, 5.41) is 2.31. The van der Waals surface area contributed by atoms with Crippen LogP contribution >= 0.6 is 0 Å². The second-order valence-corrected chi connectivity index (χ2v) is 4.15. The lowest BCUT2D eigenvalue weighted by atomic mass is 10.3. The predicted octanol–water partition coefficient (Wildman–Crippen LogP) is -0.508. The molecule has 9 heteroatoms. The maximum absolute atomic E-state index is 13.0. The predicted molar refractivity (Wildman–Crippen MR) is 72.6 cm³/mol. The third-order valence-corrected chi connectivity index (χ3v) is 2.85. The molecule has 0 aromatic carbocycles. The van der Waals surface area contributed by atoms with Crippen molar-refractivity contribution >= 4 is 11.9 Å². The van der Waals surface area contributed by atoms with Gasteiger partial charge in [-0.15, -0.1) is 0 Å². The van der Waals surface area contributed by atoms with Gasteiger partial charge in [-0.2, -0.15) is 4.39 Å². The lowest BCUT2D eigenvalue weighted by Crippen LogP contribution is -2.42. The van der Waals surface area contributed by atoms with Gasteiger partial charge < -0.3 is 10.2 Å². The van der Waals surface area contributed by atoms with E-state index in [1.54, 1.807) is 9.88 Å². The number of carbonyl (C=O) groups is 2. The average molecular weight is 300 g/mol. The van der Waals surface area contributed by atoms with Crippen molar-refractivity contribution < 1.29 is 14.0 Å². The maximum atomic E-state index is 13.0. The number of hydrogen-bond acceptors (Lipinski definition) is 4. The number of rotatable bonds is 5. The summed E-state index contributed by atoms with van der Waals surface area (Å²) in [6, 6.07) is -0.914. The lowest BCUT2D eigenvalue weighted by molar-refractivity contribution is -0.130. The smallest absolute Gasteiger partial charge is 0.336 e. The molecule has 0 unspecified atom stereocenters. The van der Waals surface area contributed by atoms with Crippen LogP contribution in [0.15, 0.2) is 15.8 Å². The largest absolute Gasteiger partial charge is 0.343 e. The molecule has 0 fully saturated rings. The van der Waals surface area contributed by atoms with Crippen molar-refractivity contribution in [2.45, 2.75) is 20.3 Å². The molecule has 2 amide bonds. The number of carbonyl (C=O) groups excluding carboxylic acids is 2. The highest BCUT2D eigenvalue weighted by Crippen LogP contribution is 1.93. The molecular weight excluding hydrogens is 283 g/mol. The Kier molecular flexibility index (Phi) is 5.82. The minimum absolute atomic E-state index is 0.00134. The normalized spacial score (nSPS) is 10.2. The van der Waals surface area contributed by atoms with E-state index < -0.39 is 23.1 Å². The topological polar surface area (TPSA) is 104 Å². The second-order valence-electron chi connectivity index (χ2n) is 4.15. The molecule has 1 aromatic rings. The molecule has 0 saturated heterocycles. The van der Waals surface area contributed by atoms with Crippen LogP contribution in [0.25, 0.3) is 0 Å².